The molecule has 3 heteroatoms. The molecule has 170 valence electrons. The molecule has 0 bridgehead atoms. The lowest BCUT2D eigenvalue weighted by atomic mass is 9.34. The molecule has 0 aliphatic carbocycles. The van der Waals surface area contributed by atoms with Crippen LogP contribution in [-0.2, 0) is 12.8 Å². The lowest BCUT2D eigenvalue weighted by molar-refractivity contribution is 0.825. The monoisotopic (exact) mass is 436 g/mol. The number of benzene rings is 3. The molecule has 0 saturated heterocycles. The molecule has 2 nitrogen and oxygen atoms in total. The van der Waals surface area contributed by atoms with Crippen LogP contribution in [0.4, 0.5) is 0 Å². The van der Waals surface area contributed by atoms with Crippen LogP contribution >= 0.6 is 0 Å². The summed E-state index contributed by atoms with van der Waals surface area (Å²) in [5.74, 6) is 2.19. The number of aryl methyl sites for hydroxylation is 1. The summed E-state index contributed by atoms with van der Waals surface area (Å²) in [7, 11) is 0. The summed E-state index contributed by atoms with van der Waals surface area (Å²) >= 11 is 0. The minimum atomic E-state index is 0.502. The van der Waals surface area contributed by atoms with Crippen molar-refractivity contribution in [3.63, 3.8) is 0 Å². The second kappa shape index (κ2) is 12.2. The maximum absolute atomic E-state index is 4.43. The van der Waals surface area contributed by atoms with E-state index in [0.717, 1.165) is 18.7 Å². The summed E-state index contributed by atoms with van der Waals surface area (Å²) in [6.07, 6.45) is 3.92. The van der Waals surface area contributed by atoms with E-state index in [1.807, 2.05) is 6.20 Å². The zero-order valence-electron chi connectivity index (χ0n) is 20.8. The fourth-order valence-corrected chi connectivity index (χ4v) is 4.20. The van der Waals surface area contributed by atoms with Gasteiger partial charge >= 0.3 is 0 Å². The minimum absolute atomic E-state index is 0.502. The Labute approximate surface area is 200 Å². The van der Waals surface area contributed by atoms with Crippen molar-refractivity contribution in [2.75, 3.05) is 0 Å². The number of rotatable bonds is 7. The Morgan fingerprint density at radius 3 is 1.82 bits per heavy atom. The van der Waals surface area contributed by atoms with Crippen LogP contribution in [0.5, 0.6) is 0 Å². The van der Waals surface area contributed by atoms with Gasteiger partial charge in [0.2, 0.25) is 6.71 Å². The average Bonchev–Trinajstić information content (AvgIpc) is 3.30. The largest absolute Gasteiger partial charge is 0.345 e. The number of hydrogen-bond donors (Lipinski definition) is 1. The molecule has 0 atom stereocenters. The van der Waals surface area contributed by atoms with Gasteiger partial charge in [-0.3, -0.25) is 0 Å². The van der Waals surface area contributed by atoms with Crippen molar-refractivity contribution in [1.29, 1.82) is 0 Å². The third-order valence-electron chi connectivity index (χ3n) is 6.03. The highest BCUT2D eigenvalue weighted by Crippen LogP contribution is 2.14. The molecular weight excluding hydrogens is 399 g/mol. The molecule has 0 unspecified atom stereocenters. The summed E-state index contributed by atoms with van der Waals surface area (Å²) in [4.78, 5) is 7.82. The van der Waals surface area contributed by atoms with Gasteiger partial charge in [0.15, 0.2) is 0 Å². The van der Waals surface area contributed by atoms with Gasteiger partial charge in [-0.05, 0) is 23.5 Å². The van der Waals surface area contributed by atoms with Gasteiger partial charge in [-0.25, -0.2) is 4.98 Å². The van der Waals surface area contributed by atoms with Crippen LogP contribution in [0.25, 0.3) is 0 Å². The molecule has 0 aliphatic rings. The van der Waals surface area contributed by atoms with E-state index in [2.05, 4.69) is 130 Å². The molecule has 1 aromatic heterocycles. The Bertz CT molecular complexity index is 1050. The third kappa shape index (κ3) is 7.22. The Morgan fingerprint density at radius 1 is 0.758 bits per heavy atom. The molecule has 1 N–H and O–H groups in total. The SMILES string of the molecule is CC(C)B(c1ccccc1)c1ccccc1.CCc1cccc(Cc2ncc(C(C)C)[nH]2)c1. The van der Waals surface area contributed by atoms with Crippen LogP contribution in [0.2, 0.25) is 5.82 Å². The first kappa shape index (κ1) is 24.6. The number of nitrogens with zero attached hydrogens (tertiary/aromatic N) is 1. The first-order chi connectivity index (χ1) is 16.0. The summed E-state index contributed by atoms with van der Waals surface area (Å²) in [5.41, 5.74) is 6.74. The number of aromatic nitrogens is 2. The predicted molar refractivity (Wildman–Crippen MR) is 144 cm³/mol. The molecule has 0 aliphatic heterocycles. The molecular formula is C30H37BN2. The van der Waals surface area contributed by atoms with Crippen LogP contribution < -0.4 is 10.9 Å². The van der Waals surface area contributed by atoms with Gasteiger partial charge in [0.25, 0.3) is 0 Å². The van der Waals surface area contributed by atoms with E-state index in [-0.39, 0.29) is 0 Å². The molecule has 4 rings (SSSR count). The van der Waals surface area contributed by atoms with E-state index in [9.17, 15) is 0 Å². The normalized spacial score (nSPS) is 10.8. The second-order valence-corrected chi connectivity index (χ2v) is 9.33. The van der Waals surface area contributed by atoms with Gasteiger partial charge in [0.1, 0.15) is 5.82 Å². The van der Waals surface area contributed by atoms with Crippen molar-refractivity contribution in [3.8, 4) is 0 Å². The summed E-state index contributed by atoms with van der Waals surface area (Å²) in [6.45, 7) is 11.6. The molecule has 0 spiro atoms. The van der Waals surface area contributed by atoms with Crippen LogP contribution in [0.15, 0.2) is 91.1 Å². The number of nitrogens with one attached hydrogen (secondary N) is 1. The molecule has 4 aromatic rings. The molecule has 0 fully saturated rings. The number of imidazole rings is 1. The van der Waals surface area contributed by atoms with Gasteiger partial charge in [0.05, 0.1) is 0 Å². The van der Waals surface area contributed by atoms with Crippen molar-refractivity contribution < 1.29 is 0 Å². The van der Waals surface area contributed by atoms with E-state index in [0.29, 0.717) is 18.4 Å². The van der Waals surface area contributed by atoms with E-state index in [1.54, 1.807) is 0 Å². The highest BCUT2D eigenvalue weighted by atomic mass is 14.9. The number of hydrogen-bond acceptors (Lipinski definition) is 1. The minimum Gasteiger partial charge on any atom is -0.345 e. The van der Waals surface area contributed by atoms with E-state index in [1.165, 1.54) is 27.7 Å². The summed E-state index contributed by atoms with van der Waals surface area (Å²) in [6, 6.07) is 30.2. The molecule has 0 amide bonds. The lowest BCUT2D eigenvalue weighted by Crippen LogP contribution is -2.44. The van der Waals surface area contributed by atoms with Gasteiger partial charge in [0, 0.05) is 18.3 Å². The average molecular weight is 436 g/mol. The standard InChI is InChI=1S/C15H17B.C15H20N2/c1-13(2)16(14-9-5-3-6-10-14)15-11-7-4-8-12-15;1-4-12-6-5-7-13(8-12)9-15-16-10-14(17-15)11(2)3/h3-13H,1-2H3;5-8,10-11H,4,9H2,1-3H3,(H,16,17). The second-order valence-electron chi connectivity index (χ2n) is 9.33. The van der Waals surface area contributed by atoms with Gasteiger partial charge in [-0.15, -0.1) is 0 Å². The van der Waals surface area contributed by atoms with Crippen molar-refractivity contribution >= 4 is 17.6 Å². The van der Waals surface area contributed by atoms with Crippen LogP contribution in [0.3, 0.4) is 0 Å². The smallest absolute Gasteiger partial charge is 0.211 e. The zero-order valence-corrected chi connectivity index (χ0v) is 20.8. The molecule has 0 radical (unpaired) electrons. The highest BCUT2D eigenvalue weighted by Gasteiger charge is 2.21. The van der Waals surface area contributed by atoms with Crippen LogP contribution in [-0.4, -0.2) is 16.7 Å². The fourth-order valence-electron chi connectivity index (χ4n) is 4.20. The Hall–Kier alpha value is -3.07. The molecule has 33 heavy (non-hydrogen) atoms. The quantitative estimate of drug-likeness (QED) is 0.334. The fraction of sp³-hybridized carbons (Fsp3) is 0.300. The van der Waals surface area contributed by atoms with Gasteiger partial charge in [-0.1, -0.05) is 136 Å². The van der Waals surface area contributed by atoms with Crippen LogP contribution in [0.1, 0.15) is 63.2 Å². The molecule has 1 heterocycles. The lowest BCUT2D eigenvalue weighted by Gasteiger charge is -2.18. The van der Waals surface area contributed by atoms with Gasteiger partial charge < -0.3 is 4.98 Å². The van der Waals surface area contributed by atoms with E-state index >= 15 is 0 Å². The maximum atomic E-state index is 4.43. The molecule has 0 saturated carbocycles. The third-order valence-corrected chi connectivity index (χ3v) is 6.03. The number of aromatic amines is 1. The first-order valence-electron chi connectivity index (χ1n) is 12.2. The predicted octanol–water partition coefficient (Wildman–Crippen LogP) is 6.39. The highest BCUT2D eigenvalue weighted by molar-refractivity contribution is 6.86. The first-order valence-corrected chi connectivity index (χ1v) is 12.2. The van der Waals surface area contributed by atoms with Crippen molar-refractivity contribution in [2.45, 2.75) is 59.2 Å². The maximum Gasteiger partial charge on any atom is 0.211 e. The number of H-pyrrole nitrogens is 1. The molecule has 3 aromatic carbocycles. The Kier molecular flexibility index (Phi) is 9.12. The summed E-state index contributed by atoms with van der Waals surface area (Å²) in [5, 5.41) is 0. The Morgan fingerprint density at radius 2 is 1.33 bits per heavy atom. The van der Waals surface area contributed by atoms with E-state index in [4.69, 9.17) is 0 Å². The van der Waals surface area contributed by atoms with E-state index < -0.39 is 0 Å². The van der Waals surface area contributed by atoms with Crippen molar-refractivity contribution in [2.24, 2.45) is 0 Å². The van der Waals surface area contributed by atoms with Crippen molar-refractivity contribution in [1.82, 2.24) is 9.97 Å². The Balaban J connectivity index is 0.000000186. The topological polar surface area (TPSA) is 28.7 Å². The summed E-state index contributed by atoms with van der Waals surface area (Å²) < 4.78 is 0. The van der Waals surface area contributed by atoms with Gasteiger partial charge in [-0.2, -0.15) is 0 Å². The van der Waals surface area contributed by atoms with Crippen LogP contribution in [0, 0.1) is 0 Å². The van der Waals surface area contributed by atoms with Crippen molar-refractivity contribution in [3.05, 3.63) is 114 Å². The zero-order chi connectivity index (χ0) is 23.6.